The summed E-state index contributed by atoms with van der Waals surface area (Å²) in [4.78, 5) is 0. The molecule has 1 aliphatic heterocycles. The molecular formula is C15H29NOS. The Morgan fingerprint density at radius 3 is 2.72 bits per heavy atom. The Hall–Kier alpha value is 0.270. The van der Waals surface area contributed by atoms with Gasteiger partial charge in [-0.15, -0.1) is 0 Å². The molecule has 106 valence electrons. The first-order valence-electron chi connectivity index (χ1n) is 7.45. The molecule has 0 aromatic heterocycles. The van der Waals surface area contributed by atoms with Crippen LogP contribution in [0.4, 0.5) is 0 Å². The minimum Gasteiger partial charge on any atom is -0.377 e. The van der Waals surface area contributed by atoms with Crippen molar-refractivity contribution < 1.29 is 4.74 Å². The predicted molar refractivity (Wildman–Crippen MR) is 80.2 cm³/mol. The van der Waals surface area contributed by atoms with E-state index in [0.717, 1.165) is 12.6 Å². The van der Waals surface area contributed by atoms with Crippen LogP contribution >= 0.6 is 11.8 Å². The summed E-state index contributed by atoms with van der Waals surface area (Å²) < 4.78 is 6.03. The lowest BCUT2D eigenvalue weighted by Crippen LogP contribution is -2.63. The molecule has 3 unspecified atom stereocenters. The van der Waals surface area contributed by atoms with Crippen LogP contribution in [0.3, 0.4) is 0 Å². The molecule has 3 heteroatoms. The minimum atomic E-state index is 0.303. The van der Waals surface area contributed by atoms with E-state index in [0.29, 0.717) is 23.5 Å². The van der Waals surface area contributed by atoms with Crippen LogP contribution in [-0.4, -0.2) is 36.3 Å². The molecule has 1 N–H and O–H groups in total. The molecule has 18 heavy (non-hydrogen) atoms. The molecule has 1 saturated carbocycles. The van der Waals surface area contributed by atoms with E-state index in [-0.39, 0.29) is 0 Å². The fourth-order valence-corrected chi connectivity index (χ4v) is 4.00. The number of hydrogen-bond donors (Lipinski definition) is 1. The van der Waals surface area contributed by atoms with Gasteiger partial charge < -0.3 is 10.1 Å². The van der Waals surface area contributed by atoms with Crippen molar-refractivity contribution in [3.8, 4) is 0 Å². The molecule has 0 amide bonds. The van der Waals surface area contributed by atoms with Crippen LogP contribution in [-0.2, 0) is 4.74 Å². The molecule has 0 bridgehead atoms. The van der Waals surface area contributed by atoms with Crippen LogP contribution < -0.4 is 5.32 Å². The molecule has 2 rings (SSSR count). The zero-order chi connectivity index (χ0) is 13.2. The molecule has 0 spiro atoms. The summed E-state index contributed by atoms with van der Waals surface area (Å²) in [6.07, 6.45) is 4.38. The summed E-state index contributed by atoms with van der Waals surface area (Å²) >= 11 is 2.10. The fraction of sp³-hybridized carbons (Fsp3) is 1.00. The number of ether oxygens (including phenoxy) is 1. The maximum Gasteiger partial charge on any atom is 0.0656 e. The van der Waals surface area contributed by atoms with Gasteiger partial charge in [0.05, 0.1) is 6.10 Å². The Bertz CT molecular complexity index is 261. The summed E-state index contributed by atoms with van der Waals surface area (Å²) in [5.41, 5.74) is 0.303. The summed E-state index contributed by atoms with van der Waals surface area (Å²) in [5.74, 6) is 3.29. The summed E-state index contributed by atoms with van der Waals surface area (Å²) in [5, 5.41) is 3.86. The van der Waals surface area contributed by atoms with Crippen molar-refractivity contribution in [2.75, 3.05) is 18.1 Å². The molecule has 2 fully saturated rings. The molecule has 0 radical (unpaired) electrons. The van der Waals surface area contributed by atoms with Crippen LogP contribution in [0.2, 0.25) is 0 Å². The van der Waals surface area contributed by atoms with Gasteiger partial charge in [-0.2, -0.15) is 11.8 Å². The lowest BCUT2D eigenvalue weighted by molar-refractivity contribution is -0.125. The maximum atomic E-state index is 6.03. The Labute approximate surface area is 117 Å². The van der Waals surface area contributed by atoms with Crippen molar-refractivity contribution in [2.45, 2.75) is 65.1 Å². The number of thioether (sulfide) groups is 1. The first-order valence-corrected chi connectivity index (χ1v) is 8.61. The lowest BCUT2D eigenvalue weighted by Gasteiger charge is -2.53. The van der Waals surface area contributed by atoms with Gasteiger partial charge in [0, 0.05) is 29.9 Å². The third kappa shape index (κ3) is 3.43. The molecule has 0 aromatic rings. The van der Waals surface area contributed by atoms with Gasteiger partial charge in [0.15, 0.2) is 0 Å². The third-order valence-corrected chi connectivity index (χ3v) is 5.62. The van der Waals surface area contributed by atoms with E-state index in [1.165, 1.54) is 30.8 Å². The van der Waals surface area contributed by atoms with Crippen LogP contribution in [0, 0.1) is 11.3 Å². The van der Waals surface area contributed by atoms with Crippen LogP contribution in [0.1, 0.15) is 47.0 Å². The fourth-order valence-electron chi connectivity index (χ4n) is 2.92. The molecule has 2 aliphatic rings. The van der Waals surface area contributed by atoms with Crippen molar-refractivity contribution in [1.82, 2.24) is 5.32 Å². The largest absolute Gasteiger partial charge is 0.377 e. The summed E-state index contributed by atoms with van der Waals surface area (Å²) in [6, 6.07) is 1.39. The van der Waals surface area contributed by atoms with Crippen molar-refractivity contribution in [2.24, 2.45) is 11.3 Å². The number of rotatable bonds is 5. The van der Waals surface area contributed by atoms with Crippen molar-refractivity contribution in [1.29, 1.82) is 0 Å². The average molecular weight is 271 g/mol. The standard InChI is InChI=1S/C15H29NOS/c1-11(2)9-17-14-8-13(15(14,3)4)16-12-6-5-7-18-10-12/h11-14,16H,5-10H2,1-4H3. The number of hydrogen-bond acceptors (Lipinski definition) is 3. The van der Waals surface area contributed by atoms with Crippen molar-refractivity contribution >= 4 is 11.8 Å². The Kier molecular flexibility index (Phi) is 5.01. The van der Waals surface area contributed by atoms with Gasteiger partial charge in [-0.25, -0.2) is 0 Å². The van der Waals surface area contributed by atoms with E-state index in [4.69, 9.17) is 4.74 Å². The SMILES string of the molecule is CC(C)COC1CC(NC2CCCSC2)C1(C)C. The molecule has 1 saturated heterocycles. The Morgan fingerprint density at radius 1 is 1.39 bits per heavy atom. The zero-order valence-electron chi connectivity index (χ0n) is 12.4. The van der Waals surface area contributed by atoms with Gasteiger partial charge in [-0.3, -0.25) is 0 Å². The second-order valence-electron chi connectivity index (χ2n) is 6.91. The predicted octanol–water partition coefficient (Wildman–Crippen LogP) is 3.31. The van der Waals surface area contributed by atoms with E-state index < -0.39 is 0 Å². The highest BCUT2D eigenvalue weighted by Crippen LogP contribution is 2.43. The van der Waals surface area contributed by atoms with E-state index >= 15 is 0 Å². The van der Waals surface area contributed by atoms with E-state index in [9.17, 15) is 0 Å². The van der Waals surface area contributed by atoms with E-state index in [1.54, 1.807) is 0 Å². The highest BCUT2D eigenvalue weighted by atomic mass is 32.2. The topological polar surface area (TPSA) is 21.3 Å². The third-order valence-electron chi connectivity index (χ3n) is 4.41. The molecular weight excluding hydrogens is 242 g/mol. The second kappa shape index (κ2) is 6.15. The van der Waals surface area contributed by atoms with Crippen molar-refractivity contribution in [3.63, 3.8) is 0 Å². The molecule has 1 heterocycles. The smallest absolute Gasteiger partial charge is 0.0656 e. The van der Waals surface area contributed by atoms with Gasteiger partial charge in [-0.1, -0.05) is 27.7 Å². The molecule has 0 aromatic carbocycles. The zero-order valence-corrected chi connectivity index (χ0v) is 13.2. The van der Waals surface area contributed by atoms with E-state index in [1.807, 2.05) is 0 Å². The Balaban J connectivity index is 1.75. The Morgan fingerprint density at radius 2 is 2.17 bits per heavy atom. The van der Waals surface area contributed by atoms with Gasteiger partial charge in [0.25, 0.3) is 0 Å². The summed E-state index contributed by atoms with van der Waals surface area (Å²) in [6.45, 7) is 10.1. The first kappa shape index (κ1) is 14.7. The molecule has 1 aliphatic carbocycles. The lowest BCUT2D eigenvalue weighted by atomic mass is 9.64. The number of nitrogens with one attached hydrogen (secondary N) is 1. The quantitative estimate of drug-likeness (QED) is 0.829. The van der Waals surface area contributed by atoms with Gasteiger partial charge in [-0.05, 0) is 30.9 Å². The monoisotopic (exact) mass is 271 g/mol. The second-order valence-corrected chi connectivity index (χ2v) is 8.06. The normalized spacial score (nSPS) is 35.5. The minimum absolute atomic E-state index is 0.303. The van der Waals surface area contributed by atoms with Gasteiger partial charge >= 0.3 is 0 Å². The van der Waals surface area contributed by atoms with Crippen molar-refractivity contribution in [3.05, 3.63) is 0 Å². The van der Waals surface area contributed by atoms with Crippen LogP contribution in [0.25, 0.3) is 0 Å². The molecule has 2 nitrogen and oxygen atoms in total. The van der Waals surface area contributed by atoms with Gasteiger partial charge in [0.2, 0.25) is 0 Å². The first-order chi connectivity index (χ1) is 8.50. The summed E-state index contributed by atoms with van der Waals surface area (Å²) in [7, 11) is 0. The van der Waals surface area contributed by atoms with Crippen LogP contribution in [0.5, 0.6) is 0 Å². The highest BCUT2D eigenvalue weighted by molar-refractivity contribution is 7.99. The van der Waals surface area contributed by atoms with Gasteiger partial charge in [0.1, 0.15) is 0 Å². The maximum absolute atomic E-state index is 6.03. The van der Waals surface area contributed by atoms with E-state index in [2.05, 4.69) is 44.8 Å². The molecule has 3 atom stereocenters. The highest BCUT2D eigenvalue weighted by Gasteiger charge is 2.49. The average Bonchev–Trinajstić information content (AvgIpc) is 2.33. The van der Waals surface area contributed by atoms with Crippen LogP contribution in [0.15, 0.2) is 0 Å².